The van der Waals surface area contributed by atoms with Crippen molar-refractivity contribution in [3.8, 4) is 0 Å². The highest BCUT2D eigenvalue weighted by molar-refractivity contribution is 9.10. The number of aliphatic hydroxyl groups excluding tert-OH is 1. The summed E-state index contributed by atoms with van der Waals surface area (Å²) in [5, 5.41) is 10.5. The van der Waals surface area contributed by atoms with Crippen molar-refractivity contribution < 1.29 is 19.1 Å². The first kappa shape index (κ1) is 17.2. The van der Waals surface area contributed by atoms with Crippen LogP contribution in [0.4, 0.5) is 5.82 Å². The minimum absolute atomic E-state index is 0.0429. The molecular weight excluding hydrogens is 412 g/mol. The van der Waals surface area contributed by atoms with Gasteiger partial charge < -0.3 is 9.52 Å². The van der Waals surface area contributed by atoms with Crippen LogP contribution in [0, 0.1) is 0 Å². The van der Waals surface area contributed by atoms with Gasteiger partial charge in [0.05, 0.1) is 17.9 Å². The van der Waals surface area contributed by atoms with Gasteiger partial charge in [0.2, 0.25) is 5.78 Å². The summed E-state index contributed by atoms with van der Waals surface area (Å²) in [6, 6.07) is 14.6. The summed E-state index contributed by atoms with van der Waals surface area (Å²) in [5.41, 5.74) is 0.612. The van der Waals surface area contributed by atoms with Gasteiger partial charge in [0.25, 0.3) is 5.91 Å². The molecule has 27 heavy (non-hydrogen) atoms. The van der Waals surface area contributed by atoms with Crippen molar-refractivity contribution >= 4 is 33.4 Å². The molecule has 2 aromatic heterocycles. The molecule has 1 N–H and O–H groups in total. The summed E-state index contributed by atoms with van der Waals surface area (Å²) < 4.78 is 5.97. The molecule has 0 aliphatic carbocycles. The fourth-order valence-electron chi connectivity index (χ4n) is 3.10. The number of hydrogen-bond donors (Lipinski definition) is 1. The number of furan rings is 1. The summed E-state index contributed by atoms with van der Waals surface area (Å²) in [5.74, 6) is -1.46. The normalized spacial score (nSPS) is 16.9. The molecule has 0 spiro atoms. The van der Waals surface area contributed by atoms with Gasteiger partial charge in [0.15, 0.2) is 11.5 Å². The van der Waals surface area contributed by atoms with Gasteiger partial charge in [0, 0.05) is 10.7 Å². The number of nitrogens with zero attached hydrogens (tertiary/aromatic N) is 2. The van der Waals surface area contributed by atoms with Gasteiger partial charge in [-0.2, -0.15) is 0 Å². The Bertz CT molecular complexity index is 1040. The summed E-state index contributed by atoms with van der Waals surface area (Å²) in [6.07, 6.45) is 2.91. The number of benzene rings is 1. The van der Waals surface area contributed by atoms with Crippen LogP contribution in [0.1, 0.15) is 22.2 Å². The van der Waals surface area contributed by atoms with Crippen LogP contribution in [0.2, 0.25) is 0 Å². The highest BCUT2D eigenvalue weighted by atomic mass is 79.9. The number of anilines is 1. The molecular formula is C20H13BrN2O4. The van der Waals surface area contributed by atoms with Gasteiger partial charge in [-0.3, -0.25) is 14.5 Å². The van der Waals surface area contributed by atoms with E-state index in [0.717, 1.165) is 4.47 Å². The average molecular weight is 425 g/mol. The van der Waals surface area contributed by atoms with E-state index in [0.29, 0.717) is 11.4 Å². The minimum atomic E-state index is -0.831. The Balaban J connectivity index is 1.90. The molecule has 0 fully saturated rings. The SMILES string of the molecule is O=C(C1=C(O)C(=O)N(c2ccccn2)[C@@H]1c1cccc(Br)c1)c1ccco1. The number of pyridine rings is 1. The molecule has 6 nitrogen and oxygen atoms in total. The third kappa shape index (κ3) is 2.96. The lowest BCUT2D eigenvalue weighted by Gasteiger charge is -2.25. The smallest absolute Gasteiger partial charge is 0.295 e. The van der Waals surface area contributed by atoms with Crippen molar-refractivity contribution in [2.24, 2.45) is 0 Å². The Morgan fingerprint density at radius 3 is 2.67 bits per heavy atom. The van der Waals surface area contributed by atoms with Crippen molar-refractivity contribution in [1.82, 2.24) is 4.98 Å². The Kier molecular flexibility index (Phi) is 4.37. The van der Waals surface area contributed by atoms with Gasteiger partial charge in [-0.1, -0.05) is 34.1 Å². The summed E-state index contributed by atoms with van der Waals surface area (Å²) in [6.45, 7) is 0. The molecule has 3 aromatic rings. The second kappa shape index (κ2) is 6.85. The third-order valence-electron chi connectivity index (χ3n) is 4.26. The molecule has 0 radical (unpaired) electrons. The summed E-state index contributed by atoms with van der Waals surface area (Å²) in [4.78, 5) is 31.4. The van der Waals surface area contributed by atoms with E-state index in [-0.39, 0.29) is 11.3 Å². The van der Waals surface area contributed by atoms with Crippen LogP contribution < -0.4 is 4.90 Å². The fraction of sp³-hybridized carbons (Fsp3) is 0.0500. The van der Waals surface area contributed by atoms with E-state index < -0.39 is 23.5 Å². The highest BCUT2D eigenvalue weighted by Gasteiger charge is 2.45. The predicted molar refractivity (Wildman–Crippen MR) is 101 cm³/mol. The Morgan fingerprint density at radius 2 is 2.00 bits per heavy atom. The lowest BCUT2D eigenvalue weighted by atomic mass is 9.95. The van der Waals surface area contributed by atoms with Crippen molar-refractivity contribution in [2.75, 3.05) is 4.90 Å². The molecule has 4 rings (SSSR count). The maximum atomic E-state index is 13.0. The number of aromatic nitrogens is 1. The number of hydrogen-bond acceptors (Lipinski definition) is 5. The van der Waals surface area contributed by atoms with Crippen LogP contribution in [0.25, 0.3) is 0 Å². The number of ketones is 1. The topological polar surface area (TPSA) is 83.6 Å². The second-order valence-corrected chi connectivity index (χ2v) is 6.81. The van der Waals surface area contributed by atoms with Crippen LogP contribution in [0.5, 0.6) is 0 Å². The second-order valence-electron chi connectivity index (χ2n) is 5.89. The minimum Gasteiger partial charge on any atom is -0.503 e. The molecule has 1 aliphatic rings. The monoisotopic (exact) mass is 424 g/mol. The van der Waals surface area contributed by atoms with E-state index in [2.05, 4.69) is 20.9 Å². The van der Waals surface area contributed by atoms with Crippen molar-refractivity contribution in [3.05, 3.63) is 94.2 Å². The molecule has 0 saturated carbocycles. The van der Waals surface area contributed by atoms with E-state index in [9.17, 15) is 14.7 Å². The number of carbonyl (C=O) groups excluding carboxylic acids is 2. The Labute approximate surface area is 162 Å². The summed E-state index contributed by atoms with van der Waals surface area (Å²) in [7, 11) is 0. The molecule has 1 amide bonds. The van der Waals surface area contributed by atoms with Gasteiger partial charge >= 0.3 is 0 Å². The maximum Gasteiger partial charge on any atom is 0.295 e. The average Bonchev–Trinajstić information content (AvgIpc) is 3.30. The number of halogens is 1. The zero-order valence-corrected chi connectivity index (χ0v) is 15.5. The number of carbonyl (C=O) groups is 2. The van der Waals surface area contributed by atoms with E-state index in [1.165, 1.54) is 17.2 Å². The van der Waals surface area contributed by atoms with Crippen molar-refractivity contribution in [2.45, 2.75) is 6.04 Å². The van der Waals surface area contributed by atoms with Crippen molar-refractivity contribution in [3.63, 3.8) is 0 Å². The predicted octanol–water partition coefficient (Wildman–Crippen LogP) is 4.22. The molecule has 0 saturated heterocycles. The van der Waals surface area contributed by atoms with Crippen LogP contribution >= 0.6 is 15.9 Å². The quantitative estimate of drug-likeness (QED) is 0.633. The molecule has 1 atom stereocenters. The first-order valence-electron chi connectivity index (χ1n) is 8.09. The maximum absolute atomic E-state index is 13.0. The Morgan fingerprint density at radius 1 is 1.15 bits per heavy atom. The zero-order valence-electron chi connectivity index (χ0n) is 13.9. The molecule has 134 valence electrons. The van der Waals surface area contributed by atoms with Crippen LogP contribution in [0.15, 0.2) is 87.3 Å². The molecule has 0 unspecified atom stereocenters. The van der Waals surface area contributed by atoms with Gasteiger partial charge in [-0.15, -0.1) is 0 Å². The summed E-state index contributed by atoms with van der Waals surface area (Å²) >= 11 is 3.41. The zero-order chi connectivity index (χ0) is 19.0. The molecule has 1 aromatic carbocycles. The van der Waals surface area contributed by atoms with Crippen LogP contribution in [0.3, 0.4) is 0 Å². The largest absolute Gasteiger partial charge is 0.503 e. The standard InChI is InChI=1S/C20H13BrN2O4/c21-13-6-3-5-12(11-13)17-16(18(24)14-7-4-10-27-14)19(25)20(26)23(17)15-8-1-2-9-22-15/h1-11,17,25H/t17-/m1/s1. The van der Waals surface area contributed by atoms with Crippen LogP contribution in [-0.2, 0) is 4.79 Å². The van der Waals surface area contributed by atoms with Crippen molar-refractivity contribution in [1.29, 1.82) is 0 Å². The highest BCUT2D eigenvalue weighted by Crippen LogP contribution is 2.41. The molecule has 1 aliphatic heterocycles. The number of aliphatic hydroxyl groups is 1. The van der Waals surface area contributed by atoms with Gasteiger partial charge in [-0.05, 0) is 42.0 Å². The number of Topliss-reactive ketones (excluding diaryl/α,β-unsaturated/α-hetero) is 1. The van der Waals surface area contributed by atoms with Gasteiger partial charge in [0.1, 0.15) is 5.82 Å². The first-order chi connectivity index (χ1) is 13.1. The van der Waals surface area contributed by atoms with E-state index in [1.807, 2.05) is 6.07 Å². The Hall–Kier alpha value is -3.19. The van der Waals surface area contributed by atoms with E-state index >= 15 is 0 Å². The number of rotatable bonds is 4. The van der Waals surface area contributed by atoms with Gasteiger partial charge in [-0.25, -0.2) is 4.98 Å². The third-order valence-corrected chi connectivity index (χ3v) is 4.75. The van der Waals surface area contributed by atoms with E-state index in [1.54, 1.807) is 48.7 Å². The molecule has 0 bridgehead atoms. The lowest BCUT2D eigenvalue weighted by Crippen LogP contribution is -2.31. The fourth-order valence-corrected chi connectivity index (χ4v) is 3.52. The van der Waals surface area contributed by atoms with Crippen LogP contribution in [-0.4, -0.2) is 21.8 Å². The molecule has 7 heteroatoms. The first-order valence-corrected chi connectivity index (χ1v) is 8.88. The van der Waals surface area contributed by atoms with E-state index in [4.69, 9.17) is 4.42 Å². The molecule has 3 heterocycles. The number of amides is 1. The lowest BCUT2D eigenvalue weighted by molar-refractivity contribution is -0.117.